The van der Waals surface area contributed by atoms with Crippen LogP contribution in [0.25, 0.3) is 0 Å². The van der Waals surface area contributed by atoms with E-state index in [0.717, 1.165) is 6.26 Å². The lowest BCUT2D eigenvalue weighted by Crippen LogP contribution is -2.38. The molecule has 1 aromatic rings. The number of sulfone groups is 1. The summed E-state index contributed by atoms with van der Waals surface area (Å²) < 4.78 is 22.5. The van der Waals surface area contributed by atoms with Crippen molar-refractivity contribution in [1.82, 2.24) is 5.32 Å². The van der Waals surface area contributed by atoms with E-state index in [-0.39, 0.29) is 17.3 Å². The zero-order chi connectivity index (χ0) is 14.0. The number of carbonyl (C=O) groups excluding carboxylic acids is 1. The Morgan fingerprint density at radius 1 is 1.28 bits per heavy atom. The van der Waals surface area contributed by atoms with Crippen molar-refractivity contribution in [3.8, 4) is 0 Å². The first-order valence-corrected chi connectivity index (χ1v) is 7.29. The molecule has 0 spiro atoms. The fourth-order valence-corrected chi connectivity index (χ4v) is 1.88. The second kappa shape index (κ2) is 5.07. The first-order valence-electron chi connectivity index (χ1n) is 5.40. The summed E-state index contributed by atoms with van der Waals surface area (Å²) in [4.78, 5) is 11.8. The van der Waals surface area contributed by atoms with E-state index in [0.29, 0.717) is 5.56 Å². The molecule has 2 N–H and O–H groups in total. The van der Waals surface area contributed by atoms with Crippen LogP contribution >= 0.6 is 0 Å². The van der Waals surface area contributed by atoms with Crippen LogP contribution in [-0.4, -0.2) is 37.8 Å². The lowest BCUT2D eigenvalue weighted by Gasteiger charge is -2.17. The highest BCUT2D eigenvalue weighted by Gasteiger charge is 2.15. The molecule has 0 aliphatic heterocycles. The predicted molar refractivity (Wildman–Crippen MR) is 68.2 cm³/mol. The molecule has 0 heterocycles. The first-order chi connectivity index (χ1) is 8.09. The SMILES string of the molecule is CC(C)(O)CNC(=O)c1ccc(S(C)(=O)=O)cc1. The third-order valence-corrected chi connectivity index (χ3v) is 3.35. The van der Waals surface area contributed by atoms with Crippen LogP contribution in [0.15, 0.2) is 29.2 Å². The van der Waals surface area contributed by atoms with Crippen LogP contribution in [0.2, 0.25) is 0 Å². The molecule has 1 rings (SSSR count). The van der Waals surface area contributed by atoms with Crippen LogP contribution in [0.3, 0.4) is 0 Å². The predicted octanol–water partition coefficient (Wildman–Crippen LogP) is 0.591. The quantitative estimate of drug-likeness (QED) is 0.839. The molecule has 0 unspecified atom stereocenters. The van der Waals surface area contributed by atoms with Crippen molar-refractivity contribution in [2.75, 3.05) is 12.8 Å². The minimum atomic E-state index is -3.25. The summed E-state index contributed by atoms with van der Waals surface area (Å²) in [5.41, 5.74) is -0.630. The fraction of sp³-hybridized carbons (Fsp3) is 0.417. The van der Waals surface area contributed by atoms with Gasteiger partial charge in [0.25, 0.3) is 5.91 Å². The third kappa shape index (κ3) is 4.46. The van der Waals surface area contributed by atoms with E-state index in [1.807, 2.05) is 0 Å². The maximum atomic E-state index is 11.7. The number of rotatable bonds is 4. The van der Waals surface area contributed by atoms with E-state index in [4.69, 9.17) is 0 Å². The third-order valence-electron chi connectivity index (χ3n) is 2.23. The van der Waals surface area contributed by atoms with Gasteiger partial charge in [-0.2, -0.15) is 0 Å². The van der Waals surface area contributed by atoms with Gasteiger partial charge in [0.2, 0.25) is 0 Å². The Bertz CT molecular complexity index is 526. The van der Waals surface area contributed by atoms with E-state index in [1.54, 1.807) is 13.8 Å². The van der Waals surface area contributed by atoms with Gasteiger partial charge in [-0.3, -0.25) is 4.79 Å². The first kappa shape index (κ1) is 14.7. The van der Waals surface area contributed by atoms with E-state index < -0.39 is 15.4 Å². The van der Waals surface area contributed by atoms with Gasteiger partial charge in [-0.1, -0.05) is 0 Å². The largest absolute Gasteiger partial charge is 0.389 e. The van der Waals surface area contributed by atoms with Crippen molar-refractivity contribution < 1.29 is 18.3 Å². The van der Waals surface area contributed by atoms with Crippen molar-refractivity contribution in [3.05, 3.63) is 29.8 Å². The Kier molecular flexibility index (Phi) is 4.13. The van der Waals surface area contributed by atoms with Crippen molar-refractivity contribution in [2.24, 2.45) is 0 Å². The minimum Gasteiger partial charge on any atom is -0.389 e. The van der Waals surface area contributed by atoms with Gasteiger partial charge in [0.1, 0.15) is 0 Å². The molecule has 18 heavy (non-hydrogen) atoms. The number of hydrogen-bond donors (Lipinski definition) is 2. The van der Waals surface area contributed by atoms with Gasteiger partial charge in [0, 0.05) is 18.4 Å². The number of nitrogens with one attached hydrogen (secondary N) is 1. The normalized spacial score (nSPS) is 12.2. The highest BCUT2D eigenvalue weighted by molar-refractivity contribution is 7.90. The molecule has 1 aromatic carbocycles. The van der Waals surface area contributed by atoms with Crippen LogP contribution in [-0.2, 0) is 9.84 Å². The molecule has 100 valence electrons. The maximum absolute atomic E-state index is 11.7. The van der Waals surface area contributed by atoms with Gasteiger partial charge in [0.15, 0.2) is 9.84 Å². The summed E-state index contributed by atoms with van der Waals surface area (Å²) in [6.45, 7) is 3.29. The van der Waals surface area contributed by atoms with Crippen LogP contribution in [0.4, 0.5) is 0 Å². The molecule has 0 radical (unpaired) electrons. The van der Waals surface area contributed by atoms with Crippen molar-refractivity contribution >= 4 is 15.7 Å². The molecule has 5 nitrogen and oxygen atoms in total. The summed E-state index contributed by atoms with van der Waals surface area (Å²) in [6, 6.07) is 5.65. The molecule has 0 saturated carbocycles. The molecule has 0 atom stereocenters. The second-order valence-corrected chi connectivity index (χ2v) is 6.81. The smallest absolute Gasteiger partial charge is 0.251 e. The maximum Gasteiger partial charge on any atom is 0.251 e. The molecule has 0 aromatic heterocycles. The van der Waals surface area contributed by atoms with E-state index in [1.165, 1.54) is 24.3 Å². The van der Waals surface area contributed by atoms with Gasteiger partial charge >= 0.3 is 0 Å². The Labute approximate surface area is 107 Å². The molecule has 1 amide bonds. The lowest BCUT2D eigenvalue weighted by molar-refractivity contribution is 0.0694. The fourth-order valence-electron chi connectivity index (χ4n) is 1.25. The summed E-state index contributed by atoms with van der Waals surface area (Å²) in [7, 11) is -3.25. The summed E-state index contributed by atoms with van der Waals surface area (Å²) in [5, 5.41) is 12.0. The number of benzene rings is 1. The van der Waals surface area contributed by atoms with Crippen molar-refractivity contribution in [1.29, 1.82) is 0 Å². The second-order valence-electron chi connectivity index (χ2n) is 4.79. The average molecular weight is 271 g/mol. The van der Waals surface area contributed by atoms with Crippen LogP contribution in [0.5, 0.6) is 0 Å². The van der Waals surface area contributed by atoms with Gasteiger partial charge in [-0.15, -0.1) is 0 Å². The number of aliphatic hydroxyl groups is 1. The molecule has 0 fully saturated rings. The molecular weight excluding hydrogens is 254 g/mol. The number of amides is 1. The molecular formula is C12H17NO4S. The molecule has 0 aliphatic carbocycles. The highest BCUT2D eigenvalue weighted by Crippen LogP contribution is 2.10. The molecule has 0 bridgehead atoms. The molecule has 6 heteroatoms. The molecule has 0 aliphatic rings. The van der Waals surface area contributed by atoms with Gasteiger partial charge in [0.05, 0.1) is 10.5 Å². The summed E-state index contributed by atoms with van der Waals surface area (Å²) in [6.07, 6.45) is 1.11. The monoisotopic (exact) mass is 271 g/mol. The Balaban J connectivity index is 2.77. The minimum absolute atomic E-state index is 0.125. The lowest BCUT2D eigenvalue weighted by atomic mass is 10.1. The standard InChI is InChI=1S/C12H17NO4S/c1-12(2,15)8-13-11(14)9-4-6-10(7-5-9)18(3,16)17/h4-7,15H,8H2,1-3H3,(H,13,14). The van der Waals surface area contributed by atoms with Gasteiger partial charge < -0.3 is 10.4 Å². The summed E-state index contributed by atoms with van der Waals surface area (Å²) in [5.74, 6) is -0.350. The Morgan fingerprint density at radius 2 is 1.78 bits per heavy atom. The van der Waals surface area contributed by atoms with Crippen molar-refractivity contribution in [2.45, 2.75) is 24.3 Å². The van der Waals surface area contributed by atoms with Gasteiger partial charge in [-0.25, -0.2) is 8.42 Å². The van der Waals surface area contributed by atoms with E-state index >= 15 is 0 Å². The van der Waals surface area contributed by atoms with Crippen LogP contribution < -0.4 is 5.32 Å². The summed E-state index contributed by atoms with van der Waals surface area (Å²) >= 11 is 0. The molecule has 0 saturated heterocycles. The zero-order valence-corrected chi connectivity index (χ0v) is 11.4. The Hall–Kier alpha value is -1.40. The van der Waals surface area contributed by atoms with Gasteiger partial charge in [-0.05, 0) is 38.1 Å². The van der Waals surface area contributed by atoms with Crippen LogP contribution in [0.1, 0.15) is 24.2 Å². The number of carbonyl (C=O) groups is 1. The zero-order valence-electron chi connectivity index (χ0n) is 10.6. The Morgan fingerprint density at radius 3 is 2.17 bits per heavy atom. The average Bonchev–Trinajstić information content (AvgIpc) is 2.24. The van der Waals surface area contributed by atoms with E-state index in [9.17, 15) is 18.3 Å². The topological polar surface area (TPSA) is 83.5 Å². The van der Waals surface area contributed by atoms with Crippen LogP contribution in [0, 0.1) is 0 Å². The number of hydrogen-bond acceptors (Lipinski definition) is 4. The van der Waals surface area contributed by atoms with Crippen molar-refractivity contribution in [3.63, 3.8) is 0 Å². The highest BCUT2D eigenvalue weighted by atomic mass is 32.2. The van der Waals surface area contributed by atoms with E-state index in [2.05, 4.69) is 5.32 Å².